The van der Waals surface area contributed by atoms with E-state index in [9.17, 15) is 9.90 Å². The van der Waals surface area contributed by atoms with Gasteiger partial charge in [0.05, 0.1) is 28.0 Å². The first-order chi connectivity index (χ1) is 30.3. The quantitative estimate of drug-likeness (QED) is 0.163. The molecule has 306 valence electrons. The van der Waals surface area contributed by atoms with E-state index >= 15 is 0 Å². The molecule has 0 spiro atoms. The second-order valence-electron chi connectivity index (χ2n) is 18.6. The summed E-state index contributed by atoms with van der Waals surface area (Å²) in [7, 11) is 0. The second-order valence-corrected chi connectivity index (χ2v) is 18.6. The Morgan fingerprint density at radius 1 is 0.460 bits per heavy atom. The van der Waals surface area contributed by atoms with E-state index in [0.717, 1.165) is 82.8 Å². The number of carboxylic acid groups (broad SMARTS) is 1. The van der Waals surface area contributed by atoms with Gasteiger partial charge in [0, 0.05) is 54.9 Å². The van der Waals surface area contributed by atoms with Crippen molar-refractivity contribution in [3.63, 3.8) is 0 Å². The maximum atomic E-state index is 12.0. The average Bonchev–Trinajstić information content (AvgIpc) is 4.03. The van der Waals surface area contributed by atoms with Crippen molar-refractivity contribution in [3.8, 4) is 67.5 Å². The Morgan fingerprint density at radius 2 is 0.857 bits per heavy atom. The lowest BCUT2D eigenvalue weighted by atomic mass is 9.78. The molecule has 63 heavy (non-hydrogen) atoms. The molecule has 9 aromatic rings. The number of carboxylic acids is 1. The smallest absolute Gasteiger partial charge is 0.335 e. The number of hydrogen-bond donors (Lipinski definition) is 3. The van der Waals surface area contributed by atoms with E-state index in [2.05, 4.69) is 136 Å². The molecule has 0 amide bonds. The largest absolute Gasteiger partial charge is 0.478 e. The SMILES string of the molecule is CC(C)(C)c1cc(-c2c3nc(nc4[nH]c(c(-c5ccc(C(=O)O)cc5)c5nc(nc6[nH]c2c2ccccc62)-c2ccccc2-5)c2ccccc42)-c2ccccc2-3)cc(C(C)(C)C)c1. The number of aromatic amines is 2. The maximum absolute atomic E-state index is 12.0. The van der Waals surface area contributed by atoms with Crippen molar-refractivity contribution in [2.75, 3.05) is 0 Å². The highest BCUT2D eigenvalue weighted by Gasteiger charge is 2.28. The Kier molecular flexibility index (Phi) is 8.44. The highest BCUT2D eigenvalue weighted by atomic mass is 16.4. The van der Waals surface area contributed by atoms with Crippen LogP contribution in [0.4, 0.5) is 0 Å². The topological polar surface area (TPSA) is 120 Å². The first-order valence-corrected chi connectivity index (χ1v) is 21.3. The summed E-state index contributed by atoms with van der Waals surface area (Å²) in [5, 5.41) is 13.7. The third-order valence-corrected chi connectivity index (χ3v) is 12.5. The highest BCUT2D eigenvalue weighted by Crippen LogP contribution is 2.47. The molecule has 0 unspecified atom stereocenters. The Hall–Kier alpha value is -7.71. The lowest BCUT2D eigenvalue weighted by Crippen LogP contribution is -2.16. The predicted octanol–water partition coefficient (Wildman–Crippen LogP) is 13.7. The maximum Gasteiger partial charge on any atom is 0.335 e. The number of rotatable bonds is 3. The number of aromatic nitrogens is 6. The van der Waals surface area contributed by atoms with E-state index in [1.165, 1.54) is 11.1 Å². The number of aromatic carboxylic acids is 1. The summed E-state index contributed by atoms with van der Waals surface area (Å²) in [6, 6.07) is 47.1. The van der Waals surface area contributed by atoms with Gasteiger partial charge in [-0.2, -0.15) is 0 Å². The van der Waals surface area contributed by atoms with Crippen LogP contribution in [0.3, 0.4) is 0 Å². The highest BCUT2D eigenvalue weighted by molar-refractivity contribution is 6.15. The van der Waals surface area contributed by atoms with Crippen LogP contribution in [0.25, 0.3) is 111 Å². The number of nitrogens with one attached hydrogen (secondary N) is 2. The third kappa shape index (κ3) is 6.24. The summed E-state index contributed by atoms with van der Waals surface area (Å²) in [5.74, 6) is 0.174. The third-order valence-electron chi connectivity index (χ3n) is 12.5. The number of fused-ring (bicyclic) bond motifs is 20. The van der Waals surface area contributed by atoms with Crippen molar-refractivity contribution in [2.24, 2.45) is 0 Å². The van der Waals surface area contributed by atoms with Crippen molar-refractivity contribution < 1.29 is 9.90 Å². The van der Waals surface area contributed by atoms with Gasteiger partial charge in [0.2, 0.25) is 0 Å². The average molecular weight is 821 g/mol. The van der Waals surface area contributed by atoms with Gasteiger partial charge in [0.25, 0.3) is 0 Å². The molecule has 0 aliphatic carbocycles. The molecule has 8 nitrogen and oxygen atoms in total. The van der Waals surface area contributed by atoms with Gasteiger partial charge in [-0.05, 0) is 45.2 Å². The molecule has 11 rings (SSSR count). The molecule has 0 saturated heterocycles. The monoisotopic (exact) mass is 820 g/mol. The van der Waals surface area contributed by atoms with E-state index < -0.39 is 5.97 Å². The van der Waals surface area contributed by atoms with Gasteiger partial charge >= 0.3 is 5.97 Å². The van der Waals surface area contributed by atoms with Gasteiger partial charge in [-0.1, -0.05) is 169 Å². The molecule has 6 aromatic carbocycles. The number of hydrogen-bond acceptors (Lipinski definition) is 5. The van der Waals surface area contributed by atoms with Gasteiger partial charge in [-0.3, -0.25) is 0 Å². The van der Waals surface area contributed by atoms with Crippen LogP contribution in [0, 0.1) is 0 Å². The number of carbonyl (C=O) groups is 1. The fourth-order valence-corrected chi connectivity index (χ4v) is 9.09. The van der Waals surface area contributed by atoms with Crippen LogP contribution in [0.15, 0.2) is 140 Å². The van der Waals surface area contributed by atoms with E-state index in [1.807, 2.05) is 42.5 Å². The van der Waals surface area contributed by atoms with Crippen LogP contribution in [0.5, 0.6) is 0 Å². The van der Waals surface area contributed by atoms with Crippen LogP contribution in [-0.4, -0.2) is 41.0 Å². The molecule has 2 aliphatic rings. The zero-order valence-corrected chi connectivity index (χ0v) is 35.9. The minimum atomic E-state index is -0.989. The minimum absolute atomic E-state index is 0.127. The summed E-state index contributed by atoms with van der Waals surface area (Å²) in [6.07, 6.45) is 0. The van der Waals surface area contributed by atoms with Crippen LogP contribution < -0.4 is 0 Å². The fourth-order valence-electron chi connectivity index (χ4n) is 9.09. The summed E-state index contributed by atoms with van der Waals surface area (Å²) < 4.78 is 0. The number of nitrogens with zero attached hydrogens (tertiary/aromatic N) is 4. The standard InChI is InChI=1S/C55H44N6O2/c1-54(2,3)33-27-32(28-34(29-33)55(4,5)6)44-47-37-17-9-13-21-41(37)51(58-47)60-49-39-19-11-7-15-35(39)45(56-49)43(30-23-25-31(26-24-30)53(62)63)46-36-16-8-12-20-40(36)50(57-46)61-52-42-22-14-10-18-38(42)48(44)59-52/h7-29H,1-6H3,(H,62,63)(H,56,58,60)(H,57,59,61). The van der Waals surface area contributed by atoms with Crippen LogP contribution in [0.1, 0.15) is 63.0 Å². The second kappa shape index (κ2) is 13.9. The van der Waals surface area contributed by atoms with Gasteiger partial charge in [0.1, 0.15) is 11.3 Å². The summed E-state index contributed by atoms with van der Waals surface area (Å²) in [4.78, 5) is 41.5. The van der Waals surface area contributed by atoms with Gasteiger partial charge in [-0.25, -0.2) is 24.7 Å². The van der Waals surface area contributed by atoms with Crippen LogP contribution in [0.2, 0.25) is 0 Å². The number of benzene rings is 6. The van der Waals surface area contributed by atoms with E-state index in [-0.39, 0.29) is 16.4 Å². The lowest BCUT2D eigenvalue weighted by Gasteiger charge is -2.26. The molecule has 3 aromatic heterocycles. The van der Waals surface area contributed by atoms with E-state index in [0.29, 0.717) is 28.6 Å². The predicted molar refractivity (Wildman–Crippen MR) is 256 cm³/mol. The molecular weight excluding hydrogens is 777 g/mol. The molecule has 5 heterocycles. The van der Waals surface area contributed by atoms with E-state index in [4.69, 9.17) is 19.9 Å². The Balaban J connectivity index is 1.39. The molecule has 8 bridgehead atoms. The van der Waals surface area contributed by atoms with Crippen molar-refractivity contribution >= 4 is 49.8 Å². The summed E-state index contributed by atoms with van der Waals surface area (Å²) >= 11 is 0. The lowest BCUT2D eigenvalue weighted by molar-refractivity contribution is 0.0697. The Morgan fingerprint density at radius 3 is 1.29 bits per heavy atom. The molecule has 3 N–H and O–H groups in total. The van der Waals surface area contributed by atoms with Crippen molar-refractivity contribution in [1.29, 1.82) is 0 Å². The van der Waals surface area contributed by atoms with Crippen molar-refractivity contribution in [1.82, 2.24) is 29.9 Å². The van der Waals surface area contributed by atoms with Crippen molar-refractivity contribution in [2.45, 2.75) is 52.4 Å². The normalized spacial score (nSPS) is 12.4. The molecule has 0 saturated carbocycles. The fraction of sp³-hybridized carbons (Fsp3) is 0.145. The van der Waals surface area contributed by atoms with Crippen LogP contribution >= 0.6 is 0 Å². The Labute approximate surface area is 364 Å². The zero-order valence-electron chi connectivity index (χ0n) is 35.9. The molecule has 2 aliphatic heterocycles. The zero-order chi connectivity index (χ0) is 43.4. The first kappa shape index (κ1) is 38.2. The first-order valence-electron chi connectivity index (χ1n) is 21.3. The minimum Gasteiger partial charge on any atom is -0.478 e. The Bertz CT molecular complexity index is 3530. The van der Waals surface area contributed by atoms with Crippen LogP contribution in [-0.2, 0) is 10.8 Å². The summed E-state index contributed by atoms with van der Waals surface area (Å²) in [5.41, 5.74) is 14.4. The molecule has 0 fully saturated rings. The van der Waals surface area contributed by atoms with Crippen molar-refractivity contribution in [3.05, 3.63) is 156 Å². The molecule has 8 heteroatoms. The molecule has 0 radical (unpaired) electrons. The molecule has 0 atom stereocenters. The van der Waals surface area contributed by atoms with E-state index in [1.54, 1.807) is 12.1 Å². The van der Waals surface area contributed by atoms with Gasteiger partial charge in [0.15, 0.2) is 11.6 Å². The molecular formula is C55H44N6O2. The number of H-pyrrole nitrogens is 2. The van der Waals surface area contributed by atoms with Gasteiger partial charge in [-0.15, -0.1) is 0 Å². The van der Waals surface area contributed by atoms with Gasteiger partial charge < -0.3 is 15.1 Å². The summed E-state index contributed by atoms with van der Waals surface area (Å²) in [6.45, 7) is 13.6.